The summed E-state index contributed by atoms with van der Waals surface area (Å²) < 4.78 is 5.37. The highest BCUT2D eigenvalue weighted by atomic mass is 16.5. The Morgan fingerprint density at radius 3 is 2.38 bits per heavy atom. The molecule has 0 aromatic carbocycles. The van der Waals surface area contributed by atoms with Crippen LogP contribution >= 0.6 is 0 Å². The molecule has 0 aromatic rings. The van der Waals surface area contributed by atoms with Crippen molar-refractivity contribution in [3.63, 3.8) is 0 Å². The molecule has 1 N–H and O–H groups in total. The summed E-state index contributed by atoms with van der Waals surface area (Å²) >= 11 is 0. The predicted molar refractivity (Wildman–Crippen MR) is 50.6 cm³/mol. The van der Waals surface area contributed by atoms with E-state index < -0.39 is 0 Å². The van der Waals surface area contributed by atoms with Crippen LogP contribution in [0.5, 0.6) is 0 Å². The van der Waals surface area contributed by atoms with Gasteiger partial charge in [0.25, 0.3) is 0 Å². The quantitative estimate of drug-likeness (QED) is 0.691. The van der Waals surface area contributed by atoms with Crippen LogP contribution in [0, 0.1) is 5.41 Å². The van der Waals surface area contributed by atoms with Crippen LogP contribution in [0.3, 0.4) is 0 Å². The van der Waals surface area contributed by atoms with Gasteiger partial charge in [-0.05, 0) is 19.8 Å². The normalized spacial score (nSPS) is 29.8. The Kier molecular flexibility index (Phi) is 2.13. The lowest BCUT2D eigenvalue weighted by molar-refractivity contribution is -0.118. The fraction of sp³-hybridized carbons (Fsp3) is 1.00. The molecule has 0 aromatic heterocycles. The van der Waals surface area contributed by atoms with Crippen LogP contribution in [0.2, 0.25) is 0 Å². The first-order valence-corrected chi connectivity index (χ1v) is 5.00. The average molecular weight is 185 g/mol. The van der Waals surface area contributed by atoms with Crippen molar-refractivity contribution >= 4 is 0 Å². The largest absolute Gasteiger partial charge is 0.396 e. The van der Waals surface area contributed by atoms with Gasteiger partial charge >= 0.3 is 0 Å². The summed E-state index contributed by atoms with van der Waals surface area (Å²) in [5, 5.41) is 9.15. The van der Waals surface area contributed by atoms with Gasteiger partial charge in [0.1, 0.15) is 0 Å². The van der Waals surface area contributed by atoms with E-state index in [1.165, 1.54) is 12.8 Å². The minimum atomic E-state index is 0.0749. The van der Waals surface area contributed by atoms with Gasteiger partial charge in [0.2, 0.25) is 0 Å². The predicted octanol–water partition coefficient (Wildman–Crippen LogP) is 0.480. The Morgan fingerprint density at radius 2 is 2.00 bits per heavy atom. The van der Waals surface area contributed by atoms with Crippen LogP contribution < -0.4 is 0 Å². The van der Waals surface area contributed by atoms with E-state index in [4.69, 9.17) is 9.84 Å². The lowest BCUT2D eigenvalue weighted by atomic mass is 9.94. The maximum Gasteiger partial charge on any atom is 0.0903 e. The standard InChI is InChI=1S/C10H19NO2/c1-9(13-2)5-11(6-9)7-10(8-12)3-4-10/h12H,3-8H2,1-2H3. The van der Waals surface area contributed by atoms with Crippen molar-refractivity contribution in [3.8, 4) is 0 Å². The molecule has 3 heteroatoms. The first-order valence-electron chi connectivity index (χ1n) is 5.00. The summed E-state index contributed by atoms with van der Waals surface area (Å²) in [7, 11) is 1.77. The maximum atomic E-state index is 9.15. The first-order chi connectivity index (χ1) is 6.11. The van der Waals surface area contributed by atoms with Crippen LogP contribution in [0.4, 0.5) is 0 Å². The lowest BCUT2D eigenvalue weighted by Gasteiger charge is -2.48. The van der Waals surface area contributed by atoms with Crippen LogP contribution in [-0.2, 0) is 4.74 Å². The van der Waals surface area contributed by atoms with E-state index in [0.29, 0.717) is 6.61 Å². The Hall–Kier alpha value is -0.120. The average Bonchev–Trinajstić information content (AvgIpc) is 2.83. The van der Waals surface area contributed by atoms with E-state index in [2.05, 4.69) is 11.8 Å². The fourth-order valence-corrected chi connectivity index (χ4v) is 2.16. The number of methoxy groups -OCH3 is 1. The zero-order valence-corrected chi connectivity index (χ0v) is 8.55. The van der Waals surface area contributed by atoms with Gasteiger partial charge in [-0.1, -0.05) is 0 Å². The van der Waals surface area contributed by atoms with Gasteiger partial charge in [0.15, 0.2) is 0 Å². The number of nitrogens with zero attached hydrogens (tertiary/aromatic N) is 1. The number of likely N-dealkylation sites (tertiary alicyclic amines) is 1. The molecule has 0 unspecified atom stereocenters. The molecule has 13 heavy (non-hydrogen) atoms. The van der Waals surface area contributed by atoms with Crippen LogP contribution in [0.15, 0.2) is 0 Å². The van der Waals surface area contributed by atoms with E-state index in [1.54, 1.807) is 7.11 Å². The number of hydrogen-bond acceptors (Lipinski definition) is 3. The molecule has 2 rings (SSSR count). The summed E-state index contributed by atoms with van der Waals surface area (Å²) in [5.74, 6) is 0. The van der Waals surface area contributed by atoms with Crippen LogP contribution in [-0.4, -0.2) is 49.0 Å². The summed E-state index contributed by atoms with van der Waals surface area (Å²) in [4.78, 5) is 2.38. The van der Waals surface area contributed by atoms with Crippen molar-refractivity contribution in [2.75, 3.05) is 33.4 Å². The Labute approximate surface area is 79.7 Å². The van der Waals surface area contributed by atoms with Crippen LogP contribution in [0.25, 0.3) is 0 Å². The van der Waals surface area contributed by atoms with E-state index in [0.717, 1.165) is 19.6 Å². The summed E-state index contributed by atoms with van der Waals surface area (Å²) in [6.07, 6.45) is 2.40. The number of hydrogen-bond donors (Lipinski definition) is 1. The topological polar surface area (TPSA) is 32.7 Å². The van der Waals surface area contributed by atoms with Crippen molar-refractivity contribution < 1.29 is 9.84 Å². The molecule has 2 fully saturated rings. The zero-order chi connectivity index (χ0) is 9.53. The monoisotopic (exact) mass is 185 g/mol. The summed E-state index contributed by atoms with van der Waals surface area (Å²) in [6.45, 7) is 5.59. The van der Waals surface area contributed by atoms with Gasteiger partial charge in [-0.25, -0.2) is 0 Å². The fourth-order valence-electron chi connectivity index (χ4n) is 2.16. The number of rotatable bonds is 4. The minimum absolute atomic E-state index is 0.0749. The molecular weight excluding hydrogens is 166 g/mol. The molecule has 1 saturated carbocycles. The molecule has 0 radical (unpaired) electrons. The van der Waals surface area contributed by atoms with E-state index >= 15 is 0 Å². The lowest BCUT2D eigenvalue weighted by Crippen LogP contribution is -2.62. The Bertz CT molecular complexity index is 195. The molecule has 3 nitrogen and oxygen atoms in total. The van der Waals surface area contributed by atoms with Crippen molar-refractivity contribution in [2.24, 2.45) is 5.41 Å². The number of aliphatic hydroxyl groups excluding tert-OH is 1. The molecule has 1 aliphatic heterocycles. The highest BCUT2D eigenvalue weighted by molar-refractivity contribution is 5.01. The molecule has 0 spiro atoms. The second-order valence-electron chi connectivity index (χ2n) is 4.96. The van der Waals surface area contributed by atoms with Gasteiger partial charge in [0.05, 0.1) is 5.60 Å². The molecule has 1 heterocycles. The third-order valence-electron chi connectivity index (χ3n) is 3.46. The van der Waals surface area contributed by atoms with Gasteiger partial charge in [-0.2, -0.15) is 0 Å². The summed E-state index contributed by atoms with van der Waals surface area (Å²) in [5.41, 5.74) is 0.334. The Morgan fingerprint density at radius 1 is 1.38 bits per heavy atom. The maximum absolute atomic E-state index is 9.15. The van der Waals surface area contributed by atoms with E-state index in [-0.39, 0.29) is 11.0 Å². The van der Waals surface area contributed by atoms with Crippen molar-refractivity contribution in [2.45, 2.75) is 25.4 Å². The van der Waals surface area contributed by atoms with Gasteiger partial charge in [-0.3, -0.25) is 4.90 Å². The second-order valence-corrected chi connectivity index (χ2v) is 4.96. The molecule has 0 atom stereocenters. The van der Waals surface area contributed by atoms with Crippen molar-refractivity contribution in [1.29, 1.82) is 0 Å². The number of aliphatic hydroxyl groups is 1. The van der Waals surface area contributed by atoms with Gasteiger partial charge in [0, 0.05) is 38.8 Å². The van der Waals surface area contributed by atoms with Gasteiger partial charge < -0.3 is 9.84 Å². The minimum Gasteiger partial charge on any atom is -0.396 e. The molecule has 0 bridgehead atoms. The molecule has 0 amide bonds. The smallest absolute Gasteiger partial charge is 0.0903 e. The van der Waals surface area contributed by atoms with Crippen LogP contribution in [0.1, 0.15) is 19.8 Å². The van der Waals surface area contributed by atoms with E-state index in [9.17, 15) is 0 Å². The molecule has 76 valence electrons. The van der Waals surface area contributed by atoms with Crippen molar-refractivity contribution in [3.05, 3.63) is 0 Å². The Balaban J connectivity index is 1.75. The van der Waals surface area contributed by atoms with Crippen molar-refractivity contribution in [1.82, 2.24) is 4.90 Å². The molecule has 1 saturated heterocycles. The summed E-state index contributed by atoms with van der Waals surface area (Å²) in [6, 6.07) is 0. The first kappa shape index (κ1) is 9.44. The highest BCUT2D eigenvalue weighted by Gasteiger charge is 2.48. The number of ether oxygens (including phenoxy) is 1. The SMILES string of the molecule is COC1(C)CN(CC2(CO)CC2)C1. The third-order valence-corrected chi connectivity index (χ3v) is 3.46. The van der Waals surface area contributed by atoms with Gasteiger partial charge in [-0.15, -0.1) is 0 Å². The second kappa shape index (κ2) is 2.94. The van der Waals surface area contributed by atoms with E-state index in [1.807, 2.05) is 0 Å². The molecule has 2 aliphatic rings. The highest BCUT2D eigenvalue weighted by Crippen LogP contribution is 2.46. The zero-order valence-electron chi connectivity index (χ0n) is 8.55. The molecular formula is C10H19NO2. The molecule has 1 aliphatic carbocycles. The third kappa shape index (κ3) is 1.73.